The number of rotatable bonds is 6. The smallest absolute Gasteiger partial charge is 0.233 e. The number of carbonyl (C=O) groups excluding carboxylic acids is 1. The fourth-order valence-electron chi connectivity index (χ4n) is 1.67. The van der Waals surface area contributed by atoms with E-state index in [4.69, 9.17) is 4.74 Å². The van der Waals surface area contributed by atoms with Crippen LogP contribution >= 0.6 is 11.8 Å². The molecule has 1 atom stereocenters. The van der Waals surface area contributed by atoms with Crippen molar-refractivity contribution in [2.45, 2.75) is 24.3 Å². The molecule has 1 aromatic carbocycles. The molecule has 0 saturated heterocycles. The minimum absolute atomic E-state index is 0.0354. The van der Waals surface area contributed by atoms with E-state index in [1.807, 2.05) is 38.1 Å². The highest BCUT2D eigenvalue weighted by Gasteiger charge is 2.18. The van der Waals surface area contributed by atoms with Crippen molar-refractivity contribution in [3.63, 3.8) is 0 Å². The van der Waals surface area contributed by atoms with Crippen LogP contribution in [0, 0.1) is 0 Å². The Bertz CT molecular complexity index is 599. The van der Waals surface area contributed by atoms with Crippen molar-refractivity contribution in [1.29, 1.82) is 0 Å². The minimum Gasteiger partial charge on any atom is -0.497 e. The second-order valence-electron chi connectivity index (χ2n) is 4.23. The number of hydrogen-bond acceptors (Lipinski definition) is 6. The van der Waals surface area contributed by atoms with E-state index in [2.05, 4.69) is 20.8 Å². The van der Waals surface area contributed by atoms with Crippen LogP contribution in [0.3, 0.4) is 0 Å². The van der Waals surface area contributed by atoms with Gasteiger partial charge in [0.25, 0.3) is 0 Å². The molecule has 0 aliphatic rings. The van der Waals surface area contributed by atoms with Gasteiger partial charge < -0.3 is 10.1 Å². The van der Waals surface area contributed by atoms with Crippen LogP contribution in [0.1, 0.15) is 13.8 Å². The summed E-state index contributed by atoms with van der Waals surface area (Å²) in [7, 11) is 1.61. The molecule has 1 aromatic heterocycles. The van der Waals surface area contributed by atoms with Gasteiger partial charge in [-0.1, -0.05) is 11.8 Å². The number of hydrogen-bond donors (Lipinski definition) is 1. The van der Waals surface area contributed by atoms with Gasteiger partial charge in [0.05, 0.1) is 18.0 Å². The summed E-state index contributed by atoms with van der Waals surface area (Å²) in [5.41, 5.74) is 0.811. The maximum Gasteiger partial charge on any atom is 0.233 e. The lowest BCUT2D eigenvalue weighted by atomic mass is 10.3. The molecule has 0 spiro atoms. The van der Waals surface area contributed by atoms with Crippen molar-refractivity contribution >= 4 is 17.7 Å². The number of nitrogens with one attached hydrogen (secondary N) is 1. The summed E-state index contributed by atoms with van der Waals surface area (Å²) in [4.78, 5) is 11.8. The molecule has 0 aliphatic carbocycles. The molecule has 0 saturated carbocycles. The lowest BCUT2D eigenvalue weighted by Gasteiger charge is -2.10. The average Bonchev–Trinajstić information content (AvgIpc) is 2.95. The molecule has 7 nitrogen and oxygen atoms in total. The Labute approximate surface area is 127 Å². The monoisotopic (exact) mass is 307 g/mol. The second-order valence-corrected chi connectivity index (χ2v) is 5.53. The van der Waals surface area contributed by atoms with Gasteiger partial charge in [-0.15, -0.1) is 5.10 Å². The van der Waals surface area contributed by atoms with Gasteiger partial charge in [-0.05, 0) is 48.5 Å². The Balaban J connectivity index is 2.16. The third kappa shape index (κ3) is 3.72. The Morgan fingerprint density at radius 2 is 2.14 bits per heavy atom. The average molecular weight is 307 g/mol. The first kappa shape index (κ1) is 15.3. The first-order valence-electron chi connectivity index (χ1n) is 6.53. The van der Waals surface area contributed by atoms with Crippen molar-refractivity contribution < 1.29 is 9.53 Å². The molecular formula is C13H17N5O2S. The van der Waals surface area contributed by atoms with Crippen LogP contribution < -0.4 is 10.1 Å². The largest absolute Gasteiger partial charge is 0.497 e. The minimum atomic E-state index is -0.270. The standard InChI is InChI=1S/C13H17N5O2S/c1-4-14-12(19)9(2)21-13-15-16-17-18(13)10-5-7-11(20-3)8-6-10/h5-9H,4H2,1-3H3,(H,14,19)/t9-/m1/s1. The number of methoxy groups -OCH3 is 1. The van der Waals surface area contributed by atoms with E-state index in [9.17, 15) is 4.79 Å². The van der Waals surface area contributed by atoms with Gasteiger partial charge >= 0.3 is 0 Å². The van der Waals surface area contributed by atoms with Crippen LogP contribution in [-0.4, -0.2) is 45.0 Å². The summed E-state index contributed by atoms with van der Waals surface area (Å²) in [5, 5.41) is 14.7. The van der Waals surface area contributed by atoms with Gasteiger partial charge in [-0.2, -0.15) is 4.68 Å². The molecule has 0 radical (unpaired) electrons. The molecule has 0 bridgehead atoms. The van der Waals surface area contributed by atoms with Gasteiger partial charge in [0.1, 0.15) is 5.75 Å². The van der Waals surface area contributed by atoms with E-state index in [0.717, 1.165) is 11.4 Å². The predicted octanol–water partition coefficient (Wildman–Crippen LogP) is 1.29. The number of nitrogens with zero attached hydrogens (tertiary/aromatic N) is 4. The Kier molecular flexibility index (Phi) is 5.15. The maximum atomic E-state index is 11.8. The van der Waals surface area contributed by atoms with Crippen molar-refractivity contribution in [1.82, 2.24) is 25.5 Å². The highest BCUT2D eigenvalue weighted by Crippen LogP contribution is 2.23. The SMILES string of the molecule is CCNC(=O)[C@@H](C)Sc1nnnn1-c1ccc(OC)cc1. The molecule has 21 heavy (non-hydrogen) atoms. The Morgan fingerprint density at radius 1 is 1.43 bits per heavy atom. The fourth-order valence-corrected chi connectivity index (χ4v) is 2.50. The molecule has 1 N–H and O–H groups in total. The number of thioether (sulfide) groups is 1. The summed E-state index contributed by atoms with van der Waals surface area (Å²) in [6.07, 6.45) is 0. The van der Waals surface area contributed by atoms with E-state index >= 15 is 0 Å². The zero-order valence-corrected chi connectivity index (χ0v) is 12.9. The molecular weight excluding hydrogens is 290 g/mol. The zero-order chi connectivity index (χ0) is 15.2. The predicted molar refractivity (Wildman–Crippen MR) is 79.7 cm³/mol. The van der Waals surface area contributed by atoms with Gasteiger partial charge in [0.2, 0.25) is 11.1 Å². The molecule has 0 fully saturated rings. The van der Waals surface area contributed by atoms with E-state index in [-0.39, 0.29) is 11.2 Å². The van der Waals surface area contributed by atoms with Gasteiger partial charge in [-0.3, -0.25) is 4.79 Å². The van der Waals surface area contributed by atoms with Gasteiger partial charge in [0.15, 0.2) is 0 Å². The highest BCUT2D eigenvalue weighted by molar-refractivity contribution is 8.00. The van der Waals surface area contributed by atoms with E-state index in [1.165, 1.54) is 11.8 Å². The van der Waals surface area contributed by atoms with Crippen LogP contribution in [-0.2, 0) is 4.79 Å². The number of carbonyl (C=O) groups is 1. The normalized spacial score (nSPS) is 12.0. The van der Waals surface area contributed by atoms with Crippen molar-refractivity contribution in [2.75, 3.05) is 13.7 Å². The molecule has 8 heteroatoms. The van der Waals surface area contributed by atoms with Crippen molar-refractivity contribution in [2.24, 2.45) is 0 Å². The highest BCUT2D eigenvalue weighted by atomic mass is 32.2. The molecule has 2 aromatic rings. The summed E-state index contributed by atoms with van der Waals surface area (Å²) in [6, 6.07) is 7.38. The summed E-state index contributed by atoms with van der Waals surface area (Å²) >= 11 is 1.31. The van der Waals surface area contributed by atoms with Gasteiger partial charge in [0, 0.05) is 6.54 Å². The lowest BCUT2D eigenvalue weighted by Crippen LogP contribution is -2.30. The number of aromatic nitrogens is 4. The Hall–Kier alpha value is -2.09. The molecule has 112 valence electrons. The van der Waals surface area contributed by atoms with Gasteiger partial charge in [-0.25, -0.2) is 0 Å². The van der Waals surface area contributed by atoms with Crippen LogP contribution in [0.4, 0.5) is 0 Å². The molecule has 0 aliphatic heterocycles. The zero-order valence-electron chi connectivity index (χ0n) is 12.1. The maximum absolute atomic E-state index is 11.8. The quantitative estimate of drug-likeness (QED) is 0.810. The lowest BCUT2D eigenvalue weighted by molar-refractivity contribution is -0.120. The first-order chi connectivity index (χ1) is 10.2. The first-order valence-corrected chi connectivity index (χ1v) is 7.40. The van der Waals surface area contributed by atoms with E-state index in [0.29, 0.717) is 11.7 Å². The molecule has 2 rings (SSSR count). The molecule has 0 unspecified atom stereocenters. The molecule has 1 amide bonds. The van der Waals surface area contributed by atoms with Crippen molar-refractivity contribution in [3.05, 3.63) is 24.3 Å². The third-order valence-electron chi connectivity index (χ3n) is 2.76. The topological polar surface area (TPSA) is 81.9 Å². The number of amides is 1. The van der Waals surface area contributed by atoms with E-state index in [1.54, 1.807) is 11.8 Å². The Morgan fingerprint density at radius 3 is 2.76 bits per heavy atom. The summed E-state index contributed by atoms with van der Waals surface area (Å²) in [6.45, 7) is 4.31. The second kappa shape index (κ2) is 7.07. The number of tetrazole rings is 1. The van der Waals surface area contributed by atoms with E-state index < -0.39 is 0 Å². The summed E-state index contributed by atoms with van der Waals surface area (Å²) < 4.78 is 6.72. The fraction of sp³-hybridized carbons (Fsp3) is 0.385. The number of benzene rings is 1. The van der Waals surface area contributed by atoms with Crippen LogP contribution in [0.5, 0.6) is 5.75 Å². The summed E-state index contributed by atoms with van der Waals surface area (Å²) in [5.74, 6) is 0.725. The van der Waals surface area contributed by atoms with Crippen LogP contribution in [0.25, 0.3) is 5.69 Å². The van der Waals surface area contributed by atoms with Crippen LogP contribution in [0.15, 0.2) is 29.4 Å². The van der Waals surface area contributed by atoms with Crippen LogP contribution in [0.2, 0.25) is 0 Å². The third-order valence-corrected chi connectivity index (χ3v) is 3.79. The molecule has 1 heterocycles. The van der Waals surface area contributed by atoms with Crippen molar-refractivity contribution in [3.8, 4) is 11.4 Å². The number of ether oxygens (including phenoxy) is 1.